The van der Waals surface area contributed by atoms with Gasteiger partial charge in [0.05, 0.1) is 5.39 Å². The van der Waals surface area contributed by atoms with Crippen molar-refractivity contribution in [1.29, 1.82) is 0 Å². The maximum Gasteiger partial charge on any atom is 0.174 e. The maximum atomic E-state index is 4.73. The summed E-state index contributed by atoms with van der Waals surface area (Å²) in [4.78, 5) is 9.27. The first-order chi connectivity index (χ1) is 7.43. The van der Waals surface area contributed by atoms with Crippen molar-refractivity contribution in [3.05, 3.63) is 30.1 Å². The summed E-state index contributed by atoms with van der Waals surface area (Å²) in [6.07, 6.45) is 3.04. The van der Waals surface area contributed by atoms with Gasteiger partial charge in [0.1, 0.15) is 23.2 Å². The predicted molar refractivity (Wildman–Crippen MR) is 57.2 cm³/mol. The number of hydrogen-bond acceptors (Lipinski definition) is 6. The Labute approximate surface area is 88.8 Å². The molecule has 0 aliphatic rings. The maximum absolute atomic E-state index is 4.73. The van der Waals surface area contributed by atoms with Crippen LogP contribution in [0.15, 0.2) is 34.6 Å². The SMILES string of the molecule is c1nc(Nc2ccon2)c2ccsc2n1. The molecule has 1 N–H and O–H groups in total. The summed E-state index contributed by atoms with van der Waals surface area (Å²) in [6, 6.07) is 3.71. The zero-order chi connectivity index (χ0) is 10.1. The number of nitrogens with zero attached hydrogens (tertiary/aromatic N) is 3. The Morgan fingerprint density at radius 1 is 1.27 bits per heavy atom. The minimum atomic E-state index is 0.640. The van der Waals surface area contributed by atoms with Gasteiger partial charge < -0.3 is 9.84 Å². The minimum absolute atomic E-state index is 0.640. The molecule has 0 unspecified atom stereocenters. The van der Waals surface area contributed by atoms with Gasteiger partial charge in [0, 0.05) is 6.07 Å². The van der Waals surface area contributed by atoms with Gasteiger partial charge in [0.25, 0.3) is 0 Å². The highest BCUT2D eigenvalue weighted by Gasteiger charge is 2.05. The molecule has 0 saturated heterocycles. The number of anilines is 2. The lowest BCUT2D eigenvalue weighted by Crippen LogP contribution is -1.94. The fourth-order valence-electron chi connectivity index (χ4n) is 1.29. The number of fused-ring (bicyclic) bond motifs is 1. The lowest BCUT2D eigenvalue weighted by molar-refractivity contribution is 0.423. The second-order valence-corrected chi connectivity index (χ2v) is 3.77. The van der Waals surface area contributed by atoms with Crippen molar-refractivity contribution >= 4 is 33.2 Å². The second kappa shape index (κ2) is 3.32. The molecule has 0 saturated carbocycles. The number of nitrogens with one attached hydrogen (secondary N) is 1. The molecule has 3 aromatic rings. The Hall–Kier alpha value is -1.95. The van der Waals surface area contributed by atoms with E-state index in [9.17, 15) is 0 Å². The molecule has 3 heterocycles. The summed E-state index contributed by atoms with van der Waals surface area (Å²) in [5.74, 6) is 1.39. The van der Waals surface area contributed by atoms with Crippen LogP contribution in [0.2, 0.25) is 0 Å². The Kier molecular flexibility index (Phi) is 1.85. The first-order valence-corrected chi connectivity index (χ1v) is 5.17. The topological polar surface area (TPSA) is 63.8 Å². The number of aromatic nitrogens is 3. The predicted octanol–water partition coefficient (Wildman–Crippen LogP) is 2.42. The van der Waals surface area contributed by atoms with E-state index in [1.807, 2.05) is 11.4 Å². The van der Waals surface area contributed by atoms with Crippen molar-refractivity contribution in [2.45, 2.75) is 0 Å². The van der Waals surface area contributed by atoms with Gasteiger partial charge >= 0.3 is 0 Å². The number of hydrogen-bond donors (Lipinski definition) is 1. The number of thiophene rings is 1. The van der Waals surface area contributed by atoms with E-state index in [1.54, 1.807) is 17.4 Å². The molecule has 0 aromatic carbocycles. The van der Waals surface area contributed by atoms with E-state index in [-0.39, 0.29) is 0 Å². The smallest absolute Gasteiger partial charge is 0.174 e. The summed E-state index contributed by atoms with van der Waals surface area (Å²) >= 11 is 1.58. The molecular weight excluding hydrogens is 212 g/mol. The van der Waals surface area contributed by atoms with E-state index >= 15 is 0 Å². The third kappa shape index (κ3) is 1.44. The Balaban J connectivity index is 2.07. The molecule has 0 spiro atoms. The van der Waals surface area contributed by atoms with Crippen LogP contribution in [0.3, 0.4) is 0 Å². The monoisotopic (exact) mass is 218 g/mol. The molecular formula is C9H6N4OS. The van der Waals surface area contributed by atoms with Gasteiger partial charge in [-0.3, -0.25) is 0 Å². The Morgan fingerprint density at radius 3 is 3.13 bits per heavy atom. The molecule has 74 valence electrons. The average molecular weight is 218 g/mol. The highest BCUT2D eigenvalue weighted by molar-refractivity contribution is 7.16. The van der Waals surface area contributed by atoms with E-state index < -0.39 is 0 Å². The second-order valence-electron chi connectivity index (χ2n) is 2.87. The first-order valence-electron chi connectivity index (χ1n) is 4.29. The van der Waals surface area contributed by atoms with Crippen LogP contribution in [0.25, 0.3) is 10.2 Å². The highest BCUT2D eigenvalue weighted by Crippen LogP contribution is 2.25. The molecule has 15 heavy (non-hydrogen) atoms. The normalized spacial score (nSPS) is 10.7. The minimum Gasteiger partial charge on any atom is -0.363 e. The van der Waals surface area contributed by atoms with E-state index in [4.69, 9.17) is 4.52 Å². The molecule has 0 fully saturated rings. The van der Waals surface area contributed by atoms with Crippen LogP contribution in [0, 0.1) is 0 Å². The molecule has 6 heteroatoms. The lowest BCUT2D eigenvalue weighted by Gasteiger charge is -2.00. The van der Waals surface area contributed by atoms with E-state index in [1.165, 1.54) is 12.6 Å². The van der Waals surface area contributed by atoms with Crippen LogP contribution in [0.4, 0.5) is 11.6 Å². The molecule has 5 nitrogen and oxygen atoms in total. The summed E-state index contributed by atoms with van der Waals surface area (Å²) in [6.45, 7) is 0. The van der Waals surface area contributed by atoms with Gasteiger partial charge in [-0.2, -0.15) is 0 Å². The first kappa shape index (κ1) is 8.37. The largest absolute Gasteiger partial charge is 0.363 e. The van der Waals surface area contributed by atoms with E-state index in [2.05, 4.69) is 20.4 Å². The molecule has 0 aliphatic carbocycles. The van der Waals surface area contributed by atoms with Gasteiger partial charge in [-0.15, -0.1) is 11.3 Å². The third-order valence-electron chi connectivity index (χ3n) is 1.95. The summed E-state index contributed by atoms with van der Waals surface area (Å²) < 4.78 is 4.73. The van der Waals surface area contributed by atoms with Crippen LogP contribution in [0.1, 0.15) is 0 Å². The van der Waals surface area contributed by atoms with Crippen molar-refractivity contribution in [1.82, 2.24) is 15.1 Å². The zero-order valence-electron chi connectivity index (χ0n) is 7.54. The molecule has 0 radical (unpaired) electrons. The van der Waals surface area contributed by atoms with E-state index in [0.717, 1.165) is 16.0 Å². The highest BCUT2D eigenvalue weighted by atomic mass is 32.1. The van der Waals surface area contributed by atoms with Gasteiger partial charge in [0.2, 0.25) is 0 Å². The van der Waals surface area contributed by atoms with Crippen molar-refractivity contribution in [3.8, 4) is 0 Å². The van der Waals surface area contributed by atoms with Gasteiger partial charge in [0.15, 0.2) is 5.82 Å². The fraction of sp³-hybridized carbons (Fsp3) is 0. The molecule has 0 atom stereocenters. The van der Waals surface area contributed by atoms with Crippen LogP contribution >= 0.6 is 11.3 Å². The van der Waals surface area contributed by atoms with Crippen molar-refractivity contribution in [3.63, 3.8) is 0 Å². The van der Waals surface area contributed by atoms with Crippen molar-refractivity contribution < 1.29 is 4.52 Å². The van der Waals surface area contributed by atoms with Crippen LogP contribution in [0.5, 0.6) is 0 Å². The average Bonchev–Trinajstić information content (AvgIpc) is 2.87. The molecule has 0 amide bonds. The summed E-state index contributed by atoms with van der Waals surface area (Å²) in [5.41, 5.74) is 0. The van der Waals surface area contributed by atoms with Crippen LogP contribution in [-0.4, -0.2) is 15.1 Å². The fourth-order valence-corrected chi connectivity index (χ4v) is 2.02. The van der Waals surface area contributed by atoms with Gasteiger partial charge in [-0.1, -0.05) is 5.16 Å². The molecule has 0 aliphatic heterocycles. The van der Waals surface area contributed by atoms with Crippen molar-refractivity contribution in [2.24, 2.45) is 0 Å². The third-order valence-corrected chi connectivity index (χ3v) is 2.77. The quantitative estimate of drug-likeness (QED) is 0.715. The van der Waals surface area contributed by atoms with Crippen molar-refractivity contribution in [2.75, 3.05) is 5.32 Å². The van der Waals surface area contributed by atoms with Gasteiger partial charge in [-0.05, 0) is 11.4 Å². The number of rotatable bonds is 2. The summed E-state index contributed by atoms with van der Waals surface area (Å²) in [5, 5.41) is 9.79. The Morgan fingerprint density at radius 2 is 2.27 bits per heavy atom. The molecule has 0 bridgehead atoms. The summed E-state index contributed by atoms with van der Waals surface area (Å²) in [7, 11) is 0. The molecule has 3 aromatic heterocycles. The van der Waals surface area contributed by atoms with Gasteiger partial charge in [-0.25, -0.2) is 9.97 Å². The zero-order valence-corrected chi connectivity index (χ0v) is 8.36. The van der Waals surface area contributed by atoms with Crippen LogP contribution < -0.4 is 5.32 Å². The van der Waals surface area contributed by atoms with Crippen LogP contribution in [-0.2, 0) is 0 Å². The standard InChI is InChI=1S/C9H6N4OS/c1-3-14-13-7(1)12-8-6-2-4-15-9(6)11-5-10-8/h1-5H,(H,10,11,12,13). The Bertz CT molecular complexity index is 575. The lowest BCUT2D eigenvalue weighted by atomic mass is 10.4. The van der Waals surface area contributed by atoms with E-state index in [0.29, 0.717) is 5.82 Å². The molecule has 3 rings (SSSR count).